The Labute approximate surface area is 165 Å². The van der Waals surface area contributed by atoms with Crippen molar-refractivity contribution >= 4 is 23.5 Å². The summed E-state index contributed by atoms with van der Waals surface area (Å²) in [4.78, 5) is 38.2. The molecule has 1 aromatic carbocycles. The summed E-state index contributed by atoms with van der Waals surface area (Å²) in [6.45, 7) is 6.34. The Hall–Kier alpha value is -2.88. The fourth-order valence-electron chi connectivity index (χ4n) is 3.04. The molecule has 2 amide bonds. The van der Waals surface area contributed by atoms with E-state index in [1.165, 1.54) is 0 Å². The number of likely N-dealkylation sites (tertiary alicyclic amines) is 1. The summed E-state index contributed by atoms with van der Waals surface area (Å²) in [5.74, 6) is -1.02. The Kier molecular flexibility index (Phi) is 7.16. The number of esters is 1. The van der Waals surface area contributed by atoms with Crippen molar-refractivity contribution in [3.8, 4) is 6.07 Å². The predicted octanol–water partition coefficient (Wildman–Crippen LogP) is 2.52. The van der Waals surface area contributed by atoms with Crippen LogP contribution in [0.3, 0.4) is 0 Å². The minimum atomic E-state index is -0.432. The van der Waals surface area contributed by atoms with E-state index >= 15 is 0 Å². The highest BCUT2D eigenvalue weighted by atomic mass is 16.5. The lowest BCUT2D eigenvalue weighted by Crippen LogP contribution is -2.45. The van der Waals surface area contributed by atoms with Gasteiger partial charge in [0.1, 0.15) is 0 Å². The fourth-order valence-corrected chi connectivity index (χ4v) is 3.04. The number of carbonyl (C=O) groups is 3. The Morgan fingerprint density at radius 2 is 1.79 bits per heavy atom. The number of hydrogen-bond donors (Lipinski definition) is 1. The first-order valence-electron chi connectivity index (χ1n) is 9.42. The van der Waals surface area contributed by atoms with E-state index in [4.69, 9.17) is 10.00 Å². The summed E-state index contributed by atoms with van der Waals surface area (Å²) in [5, 5.41) is 11.3. The predicted molar refractivity (Wildman–Crippen MR) is 104 cm³/mol. The monoisotopic (exact) mass is 385 g/mol. The molecule has 1 aromatic rings. The van der Waals surface area contributed by atoms with Crippen LogP contribution in [0.2, 0.25) is 0 Å². The highest BCUT2D eigenvalue weighted by molar-refractivity contribution is 5.93. The minimum Gasteiger partial charge on any atom is -0.455 e. The molecule has 0 atom stereocenters. The summed E-state index contributed by atoms with van der Waals surface area (Å²) in [6, 6.07) is 8.99. The molecule has 0 spiro atoms. The zero-order chi connectivity index (χ0) is 20.7. The molecule has 1 aliphatic rings. The Morgan fingerprint density at radius 3 is 2.32 bits per heavy atom. The van der Waals surface area contributed by atoms with Crippen molar-refractivity contribution in [1.82, 2.24) is 4.90 Å². The van der Waals surface area contributed by atoms with Crippen molar-refractivity contribution in [2.75, 3.05) is 25.0 Å². The third-order valence-electron chi connectivity index (χ3n) is 4.62. The topological polar surface area (TPSA) is 99.5 Å². The first-order chi connectivity index (χ1) is 13.2. The second-order valence-corrected chi connectivity index (χ2v) is 8.00. The Balaban J connectivity index is 1.74. The number of amides is 2. The number of hydrogen-bond acceptors (Lipinski definition) is 5. The molecule has 1 heterocycles. The van der Waals surface area contributed by atoms with Crippen molar-refractivity contribution in [3.05, 3.63) is 29.8 Å². The van der Waals surface area contributed by atoms with Gasteiger partial charge in [-0.3, -0.25) is 14.4 Å². The van der Waals surface area contributed by atoms with Gasteiger partial charge in [0.25, 0.3) is 5.91 Å². The van der Waals surface area contributed by atoms with Crippen LogP contribution < -0.4 is 5.32 Å². The number of rotatable bonds is 5. The van der Waals surface area contributed by atoms with Gasteiger partial charge in [0.2, 0.25) is 5.91 Å². The molecule has 0 radical (unpaired) electrons. The first kappa shape index (κ1) is 21.4. The summed E-state index contributed by atoms with van der Waals surface area (Å²) in [6.07, 6.45) is 1.40. The van der Waals surface area contributed by atoms with Crippen molar-refractivity contribution in [2.24, 2.45) is 11.3 Å². The van der Waals surface area contributed by atoms with E-state index in [1.807, 2.05) is 20.8 Å². The fraction of sp³-hybridized carbons (Fsp3) is 0.524. The quantitative estimate of drug-likeness (QED) is 0.785. The summed E-state index contributed by atoms with van der Waals surface area (Å²) >= 11 is 0. The van der Waals surface area contributed by atoms with Gasteiger partial charge < -0.3 is 15.0 Å². The molecular formula is C21H27N3O4. The van der Waals surface area contributed by atoms with E-state index < -0.39 is 17.3 Å². The number of nitrogens with one attached hydrogen (secondary N) is 1. The lowest BCUT2D eigenvalue weighted by molar-refractivity contribution is -0.155. The van der Waals surface area contributed by atoms with Gasteiger partial charge in [0.05, 0.1) is 18.4 Å². The maximum atomic E-state index is 12.3. The Morgan fingerprint density at radius 1 is 1.18 bits per heavy atom. The molecule has 0 saturated carbocycles. The average molecular weight is 385 g/mol. The van der Waals surface area contributed by atoms with E-state index in [1.54, 1.807) is 29.2 Å². The smallest absolute Gasteiger partial charge is 0.309 e. The van der Waals surface area contributed by atoms with E-state index in [-0.39, 0.29) is 18.4 Å². The molecule has 0 aromatic heterocycles. The van der Waals surface area contributed by atoms with Gasteiger partial charge in [0, 0.05) is 24.2 Å². The SMILES string of the molecule is CC(C)(C)C(=O)N1CCC(C(=O)OCC(=O)Nc2ccc(CC#N)cc2)CC1. The molecule has 7 heteroatoms. The second kappa shape index (κ2) is 9.36. The largest absolute Gasteiger partial charge is 0.455 e. The van der Waals surface area contributed by atoms with Crippen LogP contribution >= 0.6 is 0 Å². The van der Waals surface area contributed by atoms with E-state index in [2.05, 4.69) is 11.4 Å². The highest BCUT2D eigenvalue weighted by Crippen LogP contribution is 2.24. The number of carbonyl (C=O) groups excluding carboxylic acids is 3. The maximum Gasteiger partial charge on any atom is 0.309 e. The molecule has 0 aliphatic carbocycles. The lowest BCUT2D eigenvalue weighted by atomic mass is 9.91. The summed E-state index contributed by atoms with van der Waals surface area (Å²) in [7, 11) is 0. The van der Waals surface area contributed by atoms with Crippen LogP contribution in [0.1, 0.15) is 39.2 Å². The number of benzene rings is 1. The molecule has 1 saturated heterocycles. The molecule has 1 fully saturated rings. The van der Waals surface area contributed by atoms with Crippen molar-refractivity contribution in [2.45, 2.75) is 40.0 Å². The van der Waals surface area contributed by atoms with Gasteiger partial charge in [-0.1, -0.05) is 32.9 Å². The third-order valence-corrected chi connectivity index (χ3v) is 4.62. The van der Waals surface area contributed by atoms with Crippen LogP contribution in [0.4, 0.5) is 5.69 Å². The van der Waals surface area contributed by atoms with Gasteiger partial charge in [-0.15, -0.1) is 0 Å². The van der Waals surface area contributed by atoms with E-state index in [0.717, 1.165) is 5.56 Å². The van der Waals surface area contributed by atoms with Gasteiger partial charge in [0.15, 0.2) is 6.61 Å². The van der Waals surface area contributed by atoms with Crippen LogP contribution in [0.15, 0.2) is 24.3 Å². The number of anilines is 1. The van der Waals surface area contributed by atoms with Crippen LogP contribution in [0.25, 0.3) is 0 Å². The van der Waals surface area contributed by atoms with Gasteiger partial charge in [-0.2, -0.15) is 5.26 Å². The summed E-state index contributed by atoms with van der Waals surface area (Å²) in [5.41, 5.74) is 1.01. The second-order valence-electron chi connectivity index (χ2n) is 8.00. The van der Waals surface area contributed by atoms with Gasteiger partial charge >= 0.3 is 5.97 Å². The Bertz CT molecular complexity index is 751. The summed E-state index contributed by atoms with van der Waals surface area (Å²) < 4.78 is 5.14. The molecule has 1 N–H and O–H groups in total. The number of nitrogens with zero attached hydrogens (tertiary/aromatic N) is 2. The lowest BCUT2D eigenvalue weighted by Gasteiger charge is -2.34. The van der Waals surface area contributed by atoms with Crippen LogP contribution in [0.5, 0.6) is 0 Å². The van der Waals surface area contributed by atoms with E-state index in [0.29, 0.717) is 38.0 Å². The molecular weight excluding hydrogens is 358 g/mol. The number of piperidine rings is 1. The first-order valence-corrected chi connectivity index (χ1v) is 9.42. The van der Waals surface area contributed by atoms with Crippen LogP contribution in [0, 0.1) is 22.7 Å². The zero-order valence-corrected chi connectivity index (χ0v) is 16.7. The molecule has 1 aliphatic heterocycles. The van der Waals surface area contributed by atoms with Crippen molar-refractivity contribution in [1.29, 1.82) is 5.26 Å². The molecule has 28 heavy (non-hydrogen) atoms. The van der Waals surface area contributed by atoms with Gasteiger partial charge in [-0.25, -0.2) is 0 Å². The van der Waals surface area contributed by atoms with Gasteiger partial charge in [-0.05, 0) is 30.5 Å². The maximum absolute atomic E-state index is 12.3. The number of ether oxygens (including phenoxy) is 1. The standard InChI is InChI=1S/C21H27N3O4/c1-21(2,3)20(27)24-12-9-16(10-13-24)19(26)28-14-18(25)23-17-6-4-15(5-7-17)8-11-22/h4-7,16H,8-10,12-14H2,1-3H3,(H,23,25). The van der Waals surface area contributed by atoms with Crippen molar-refractivity contribution in [3.63, 3.8) is 0 Å². The van der Waals surface area contributed by atoms with E-state index in [9.17, 15) is 14.4 Å². The van der Waals surface area contributed by atoms with Crippen molar-refractivity contribution < 1.29 is 19.1 Å². The third kappa shape index (κ3) is 6.08. The van der Waals surface area contributed by atoms with Crippen LogP contribution in [-0.4, -0.2) is 42.4 Å². The average Bonchev–Trinajstić information content (AvgIpc) is 2.66. The normalized spacial score (nSPS) is 14.9. The van der Waals surface area contributed by atoms with Crippen LogP contribution in [-0.2, 0) is 25.5 Å². The zero-order valence-electron chi connectivity index (χ0n) is 16.7. The molecule has 2 rings (SSSR count). The molecule has 0 bridgehead atoms. The molecule has 7 nitrogen and oxygen atoms in total. The molecule has 150 valence electrons. The molecule has 0 unspecified atom stereocenters. The number of nitriles is 1. The minimum absolute atomic E-state index is 0.0829. The highest BCUT2D eigenvalue weighted by Gasteiger charge is 2.33.